The lowest BCUT2D eigenvalue weighted by atomic mass is 10.0. The molecule has 2 N–H and O–H groups in total. The Kier molecular flexibility index (Phi) is 5.68. The Balaban J connectivity index is 1.52. The number of likely N-dealkylation sites (tertiary alicyclic amines) is 2. The Labute approximate surface area is 144 Å². The summed E-state index contributed by atoms with van der Waals surface area (Å²) in [6.07, 6.45) is 4.19. The van der Waals surface area contributed by atoms with Crippen LogP contribution < -0.4 is 10.5 Å². The molecule has 1 aromatic rings. The van der Waals surface area contributed by atoms with E-state index in [0.717, 1.165) is 57.6 Å². The highest BCUT2D eigenvalue weighted by molar-refractivity contribution is 5.80. The van der Waals surface area contributed by atoms with Gasteiger partial charge in [0.15, 0.2) is 0 Å². The Morgan fingerprint density at radius 3 is 2.79 bits per heavy atom. The summed E-state index contributed by atoms with van der Waals surface area (Å²) in [7, 11) is 0. The number of carbonyl (C=O) groups is 1. The third kappa shape index (κ3) is 4.05. The van der Waals surface area contributed by atoms with Crippen LogP contribution in [0.2, 0.25) is 0 Å². The van der Waals surface area contributed by atoms with Gasteiger partial charge < -0.3 is 10.5 Å². The number of carbonyl (C=O) groups excluding carboxylic acids is 1. The number of hydrogen-bond acceptors (Lipinski definition) is 5. The third-order valence-electron chi connectivity index (χ3n) is 5.11. The lowest BCUT2D eigenvalue weighted by molar-refractivity contribution is -0.123. The molecule has 2 aliphatic heterocycles. The normalized spacial score (nSPS) is 23.5. The van der Waals surface area contributed by atoms with Gasteiger partial charge in [0.05, 0.1) is 18.3 Å². The molecule has 2 fully saturated rings. The van der Waals surface area contributed by atoms with Crippen LogP contribution in [-0.4, -0.2) is 59.0 Å². The van der Waals surface area contributed by atoms with Gasteiger partial charge in [-0.05, 0) is 45.2 Å². The zero-order valence-corrected chi connectivity index (χ0v) is 14.5. The molecule has 3 heterocycles. The fourth-order valence-corrected chi connectivity index (χ4v) is 3.94. The van der Waals surface area contributed by atoms with Gasteiger partial charge in [-0.1, -0.05) is 6.07 Å². The van der Waals surface area contributed by atoms with E-state index in [-0.39, 0.29) is 11.9 Å². The summed E-state index contributed by atoms with van der Waals surface area (Å²) in [4.78, 5) is 20.9. The van der Waals surface area contributed by atoms with Crippen LogP contribution >= 0.6 is 0 Å². The predicted molar refractivity (Wildman–Crippen MR) is 92.6 cm³/mol. The van der Waals surface area contributed by atoms with Gasteiger partial charge in [0.2, 0.25) is 11.8 Å². The zero-order valence-electron chi connectivity index (χ0n) is 14.5. The number of nitrogens with zero attached hydrogens (tertiary/aromatic N) is 3. The number of hydrogen-bond donors (Lipinski definition) is 1. The van der Waals surface area contributed by atoms with Crippen LogP contribution in [0.3, 0.4) is 0 Å². The summed E-state index contributed by atoms with van der Waals surface area (Å²) in [5.41, 5.74) is 6.60. The Morgan fingerprint density at radius 1 is 1.29 bits per heavy atom. The highest BCUT2D eigenvalue weighted by Gasteiger charge is 2.35. The van der Waals surface area contributed by atoms with E-state index in [9.17, 15) is 4.79 Å². The van der Waals surface area contributed by atoms with Gasteiger partial charge in [0, 0.05) is 31.7 Å². The first kappa shape index (κ1) is 17.2. The fourth-order valence-electron chi connectivity index (χ4n) is 3.94. The van der Waals surface area contributed by atoms with E-state index in [2.05, 4.69) is 20.9 Å². The van der Waals surface area contributed by atoms with E-state index in [4.69, 9.17) is 10.5 Å². The second-order valence-electron chi connectivity index (χ2n) is 6.71. The number of nitrogens with two attached hydrogens (primary N) is 1. The van der Waals surface area contributed by atoms with Gasteiger partial charge in [0.25, 0.3) is 0 Å². The molecule has 24 heavy (non-hydrogen) atoms. The number of rotatable bonds is 6. The summed E-state index contributed by atoms with van der Waals surface area (Å²) in [5, 5.41) is 0. The quantitative estimate of drug-likeness (QED) is 0.852. The van der Waals surface area contributed by atoms with E-state index in [1.807, 2.05) is 19.1 Å². The maximum Gasteiger partial charge on any atom is 0.234 e. The molecule has 0 aromatic carbocycles. The number of primary amides is 1. The monoisotopic (exact) mass is 332 g/mol. The fraction of sp³-hybridized carbons (Fsp3) is 0.667. The summed E-state index contributed by atoms with van der Waals surface area (Å²) in [5.74, 6) is 0.540. The van der Waals surface area contributed by atoms with E-state index < -0.39 is 0 Å². The van der Waals surface area contributed by atoms with Crippen molar-refractivity contribution in [1.29, 1.82) is 0 Å². The molecule has 3 rings (SSSR count). The molecule has 1 unspecified atom stereocenters. The number of ether oxygens (including phenoxy) is 1. The highest BCUT2D eigenvalue weighted by Crippen LogP contribution is 2.26. The van der Waals surface area contributed by atoms with Gasteiger partial charge in [-0.3, -0.25) is 14.6 Å². The van der Waals surface area contributed by atoms with Crippen LogP contribution in [0.25, 0.3) is 0 Å². The van der Waals surface area contributed by atoms with Crippen LogP contribution in [0.15, 0.2) is 18.2 Å². The van der Waals surface area contributed by atoms with Crippen LogP contribution in [0.5, 0.6) is 5.88 Å². The maximum absolute atomic E-state index is 11.6. The minimum Gasteiger partial charge on any atom is -0.478 e. The van der Waals surface area contributed by atoms with Crippen molar-refractivity contribution in [2.45, 2.75) is 51.2 Å². The SMILES string of the molecule is CCOc1cccc(CN2CCC(N3CCCC3C(N)=O)CC2)n1. The van der Waals surface area contributed by atoms with Crippen molar-refractivity contribution >= 4 is 5.91 Å². The van der Waals surface area contributed by atoms with Gasteiger partial charge in [-0.15, -0.1) is 0 Å². The minimum absolute atomic E-state index is 0.0499. The van der Waals surface area contributed by atoms with E-state index >= 15 is 0 Å². The molecule has 0 radical (unpaired) electrons. The van der Waals surface area contributed by atoms with Crippen molar-refractivity contribution < 1.29 is 9.53 Å². The van der Waals surface area contributed by atoms with Crippen LogP contribution in [0.4, 0.5) is 0 Å². The molecule has 2 saturated heterocycles. The van der Waals surface area contributed by atoms with Gasteiger partial charge in [-0.2, -0.15) is 0 Å². The van der Waals surface area contributed by atoms with Gasteiger partial charge >= 0.3 is 0 Å². The second-order valence-corrected chi connectivity index (χ2v) is 6.71. The van der Waals surface area contributed by atoms with Crippen molar-refractivity contribution in [3.05, 3.63) is 23.9 Å². The average molecular weight is 332 g/mol. The van der Waals surface area contributed by atoms with Gasteiger partial charge in [-0.25, -0.2) is 4.98 Å². The molecule has 0 aliphatic carbocycles. The summed E-state index contributed by atoms with van der Waals surface area (Å²) in [6, 6.07) is 6.39. The van der Waals surface area contributed by atoms with Crippen molar-refractivity contribution in [3.8, 4) is 5.88 Å². The summed E-state index contributed by atoms with van der Waals surface area (Å²) >= 11 is 0. The molecule has 1 atom stereocenters. The lowest BCUT2D eigenvalue weighted by Crippen LogP contribution is -2.50. The molecule has 1 aromatic heterocycles. The van der Waals surface area contributed by atoms with Crippen molar-refractivity contribution in [3.63, 3.8) is 0 Å². The molecule has 2 aliphatic rings. The van der Waals surface area contributed by atoms with Crippen molar-refractivity contribution in [1.82, 2.24) is 14.8 Å². The first-order valence-corrected chi connectivity index (χ1v) is 9.03. The number of piperidine rings is 1. The Morgan fingerprint density at radius 2 is 2.08 bits per heavy atom. The van der Waals surface area contributed by atoms with E-state index in [1.54, 1.807) is 0 Å². The van der Waals surface area contributed by atoms with Crippen LogP contribution in [-0.2, 0) is 11.3 Å². The Bertz CT molecular complexity index is 558. The molecule has 6 nitrogen and oxygen atoms in total. The summed E-state index contributed by atoms with van der Waals surface area (Å²) in [6.45, 7) is 6.54. The number of pyridine rings is 1. The van der Waals surface area contributed by atoms with E-state index in [1.165, 1.54) is 0 Å². The smallest absolute Gasteiger partial charge is 0.234 e. The molecule has 1 amide bonds. The molecule has 132 valence electrons. The van der Waals surface area contributed by atoms with Crippen molar-refractivity contribution in [2.24, 2.45) is 5.73 Å². The lowest BCUT2D eigenvalue weighted by Gasteiger charge is -2.38. The number of aromatic nitrogens is 1. The van der Waals surface area contributed by atoms with E-state index in [0.29, 0.717) is 18.5 Å². The van der Waals surface area contributed by atoms with Gasteiger partial charge in [0.1, 0.15) is 0 Å². The van der Waals surface area contributed by atoms with Crippen LogP contribution in [0, 0.1) is 0 Å². The largest absolute Gasteiger partial charge is 0.478 e. The molecule has 0 saturated carbocycles. The molecular weight excluding hydrogens is 304 g/mol. The average Bonchev–Trinajstić information content (AvgIpc) is 3.06. The number of amides is 1. The maximum atomic E-state index is 11.6. The van der Waals surface area contributed by atoms with Crippen molar-refractivity contribution in [2.75, 3.05) is 26.2 Å². The first-order chi connectivity index (χ1) is 11.7. The molecule has 0 spiro atoms. The standard InChI is InChI=1S/C18H28N4O2/c1-2-24-17-7-3-5-14(20-17)13-21-11-8-15(9-12-21)22-10-4-6-16(22)18(19)23/h3,5,7,15-16H,2,4,6,8-13H2,1H3,(H2,19,23). The molecule has 0 bridgehead atoms. The first-order valence-electron chi connectivity index (χ1n) is 9.03. The topological polar surface area (TPSA) is 71.7 Å². The Hall–Kier alpha value is -1.66. The second kappa shape index (κ2) is 7.94. The van der Waals surface area contributed by atoms with Crippen LogP contribution in [0.1, 0.15) is 38.3 Å². The zero-order chi connectivity index (χ0) is 16.9. The molecular formula is C18H28N4O2. The summed E-state index contributed by atoms with van der Waals surface area (Å²) < 4.78 is 5.47. The third-order valence-corrected chi connectivity index (χ3v) is 5.11. The minimum atomic E-state index is -0.160. The molecule has 6 heteroatoms. The highest BCUT2D eigenvalue weighted by atomic mass is 16.5. The predicted octanol–water partition coefficient (Wildman–Crippen LogP) is 1.39.